The van der Waals surface area contributed by atoms with E-state index in [0.29, 0.717) is 25.2 Å². The van der Waals surface area contributed by atoms with Gasteiger partial charge in [0.15, 0.2) is 5.78 Å². The molecular weight excluding hydrogens is 288 g/mol. The largest absolute Gasteiger partial charge is 0.389 e. The van der Waals surface area contributed by atoms with Crippen LogP contribution in [0, 0.1) is 22.7 Å². The Morgan fingerprint density at radius 1 is 0.957 bits per heavy atom. The van der Waals surface area contributed by atoms with Crippen LogP contribution in [0.1, 0.15) is 72.1 Å². The van der Waals surface area contributed by atoms with Gasteiger partial charge < -0.3 is 10.2 Å². The van der Waals surface area contributed by atoms with Gasteiger partial charge in [0, 0.05) is 11.8 Å². The van der Waals surface area contributed by atoms with Crippen molar-refractivity contribution in [3.05, 3.63) is 11.6 Å². The van der Waals surface area contributed by atoms with Crippen molar-refractivity contribution in [2.45, 2.75) is 83.3 Å². The van der Waals surface area contributed by atoms with Crippen LogP contribution in [0.4, 0.5) is 0 Å². The molecule has 0 aliphatic heterocycles. The number of carbonyl (C=O) groups is 1. The number of hydrogen-bond donors (Lipinski definition) is 2. The van der Waals surface area contributed by atoms with E-state index >= 15 is 0 Å². The van der Waals surface area contributed by atoms with Crippen LogP contribution in [0.15, 0.2) is 11.6 Å². The Morgan fingerprint density at radius 3 is 2.43 bits per heavy atom. The SMILES string of the molecule is CC1(O)CC[C@@]2(O)[C@@H]3CCC4=CC(=O)CC[C@]4(C)[C@@H]3CC[C@]12C. The summed E-state index contributed by atoms with van der Waals surface area (Å²) in [6.07, 6.45) is 8.73. The number of hydrogen-bond acceptors (Lipinski definition) is 3. The summed E-state index contributed by atoms with van der Waals surface area (Å²) in [6.45, 7) is 6.34. The first kappa shape index (κ1) is 15.8. The molecule has 4 aliphatic carbocycles. The van der Waals surface area contributed by atoms with Crippen molar-refractivity contribution < 1.29 is 15.0 Å². The van der Waals surface area contributed by atoms with E-state index in [9.17, 15) is 15.0 Å². The molecule has 0 spiro atoms. The molecule has 4 aliphatic rings. The van der Waals surface area contributed by atoms with Crippen LogP contribution in [0.25, 0.3) is 0 Å². The standard InChI is InChI=1S/C20H30O3/c1-17-8-6-14(21)12-13(17)4-5-16-15(17)7-9-18(2)19(3,22)10-11-20(16,18)23/h12,15-16,22-23H,4-11H2,1-3H3/t15-,16-,17+,18-,19?,20-/m1/s1. The Labute approximate surface area is 139 Å². The minimum absolute atomic E-state index is 0.0718. The van der Waals surface area contributed by atoms with Gasteiger partial charge in [0.25, 0.3) is 0 Å². The van der Waals surface area contributed by atoms with Crippen molar-refractivity contribution in [2.24, 2.45) is 22.7 Å². The lowest BCUT2D eigenvalue weighted by atomic mass is 9.45. The fraction of sp³-hybridized carbons (Fsp3) is 0.850. The van der Waals surface area contributed by atoms with E-state index in [2.05, 4.69) is 13.8 Å². The molecule has 23 heavy (non-hydrogen) atoms. The number of aliphatic hydroxyl groups is 2. The Bertz CT molecular complexity index is 592. The maximum Gasteiger partial charge on any atom is 0.155 e. The lowest BCUT2D eigenvalue weighted by molar-refractivity contribution is -0.213. The third-order valence-electron chi connectivity index (χ3n) is 8.69. The Balaban J connectivity index is 1.76. The van der Waals surface area contributed by atoms with Gasteiger partial charge in [-0.2, -0.15) is 0 Å². The van der Waals surface area contributed by atoms with E-state index in [4.69, 9.17) is 0 Å². The van der Waals surface area contributed by atoms with Crippen molar-refractivity contribution in [1.29, 1.82) is 0 Å². The number of ketones is 1. The lowest BCUT2D eigenvalue weighted by Gasteiger charge is -2.62. The van der Waals surface area contributed by atoms with Crippen molar-refractivity contribution in [1.82, 2.24) is 0 Å². The summed E-state index contributed by atoms with van der Waals surface area (Å²) in [4.78, 5) is 11.8. The Hall–Kier alpha value is -0.670. The Kier molecular flexibility index (Phi) is 3.09. The zero-order valence-electron chi connectivity index (χ0n) is 14.7. The molecular formula is C20H30O3. The van der Waals surface area contributed by atoms with Crippen LogP contribution in [0.3, 0.4) is 0 Å². The van der Waals surface area contributed by atoms with Crippen LogP contribution >= 0.6 is 0 Å². The number of fused-ring (bicyclic) bond motifs is 5. The van der Waals surface area contributed by atoms with Crippen molar-refractivity contribution in [3.8, 4) is 0 Å². The van der Waals surface area contributed by atoms with Crippen molar-refractivity contribution in [2.75, 3.05) is 0 Å². The average molecular weight is 318 g/mol. The van der Waals surface area contributed by atoms with Gasteiger partial charge in [-0.3, -0.25) is 4.79 Å². The molecule has 3 nitrogen and oxygen atoms in total. The molecule has 3 fully saturated rings. The van der Waals surface area contributed by atoms with Gasteiger partial charge in [-0.1, -0.05) is 19.4 Å². The highest BCUT2D eigenvalue weighted by Gasteiger charge is 2.69. The van der Waals surface area contributed by atoms with Crippen LogP contribution < -0.4 is 0 Å². The summed E-state index contributed by atoms with van der Waals surface area (Å²) >= 11 is 0. The summed E-state index contributed by atoms with van der Waals surface area (Å²) in [5.74, 6) is 0.979. The second kappa shape index (κ2) is 4.49. The molecule has 2 N–H and O–H groups in total. The lowest BCUT2D eigenvalue weighted by Crippen LogP contribution is -2.63. The number of rotatable bonds is 0. The van der Waals surface area contributed by atoms with E-state index in [1.54, 1.807) is 0 Å². The predicted molar refractivity (Wildman–Crippen MR) is 88.8 cm³/mol. The molecule has 4 rings (SSSR count). The van der Waals surface area contributed by atoms with E-state index in [-0.39, 0.29) is 17.1 Å². The molecule has 128 valence electrons. The molecule has 0 saturated heterocycles. The first-order chi connectivity index (χ1) is 10.6. The quantitative estimate of drug-likeness (QED) is 0.720. The van der Waals surface area contributed by atoms with Gasteiger partial charge in [0.1, 0.15) is 0 Å². The second-order valence-electron chi connectivity index (χ2n) is 9.37. The van der Waals surface area contributed by atoms with Crippen LogP contribution in [0.5, 0.6) is 0 Å². The van der Waals surface area contributed by atoms with Gasteiger partial charge in [-0.25, -0.2) is 0 Å². The summed E-state index contributed by atoms with van der Waals surface area (Å²) in [6, 6.07) is 0. The van der Waals surface area contributed by atoms with Crippen LogP contribution in [0.2, 0.25) is 0 Å². The molecule has 3 heteroatoms. The maximum atomic E-state index is 11.8. The van der Waals surface area contributed by atoms with E-state index < -0.39 is 16.6 Å². The van der Waals surface area contributed by atoms with E-state index in [1.165, 1.54) is 5.57 Å². The maximum absolute atomic E-state index is 11.8. The molecule has 0 radical (unpaired) electrons. The second-order valence-corrected chi connectivity index (χ2v) is 9.37. The predicted octanol–water partition coefficient (Wildman–Crippen LogP) is 3.38. The first-order valence-electron chi connectivity index (χ1n) is 9.33. The highest BCUT2D eigenvalue weighted by molar-refractivity contribution is 5.91. The zero-order valence-corrected chi connectivity index (χ0v) is 14.7. The van der Waals surface area contributed by atoms with Gasteiger partial charge in [-0.05, 0) is 75.2 Å². The minimum atomic E-state index is -0.772. The molecule has 0 aromatic heterocycles. The molecule has 6 atom stereocenters. The Morgan fingerprint density at radius 2 is 1.70 bits per heavy atom. The van der Waals surface area contributed by atoms with Crippen molar-refractivity contribution in [3.63, 3.8) is 0 Å². The normalized spacial score (nSPS) is 55.7. The van der Waals surface area contributed by atoms with Gasteiger partial charge in [0.2, 0.25) is 0 Å². The smallest absolute Gasteiger partial charge is 0.155 e. The number of allylic oxidation sites excluding steroid dienone is 1. The fourth-order valence-electron chi connectivity index (χ4n) is 6.78. The highest BCUT2D eigenvalue weighted by atomic mass is 16.3. The zero-order chi connectivity index (χ0) is 16.7. The molecule has 1 unspecified atom stereocenters. The fourth-order valence-corrected chi connectivity index (χ4v) is 6.78. The van der Waals surface area contributed by atoms with Crippen molar-refractivity contribution >= 4 is 5.78 Å². The van der Waals surface area contributed by atoms with Crippen LogP contribution in [-0.2, 0) is 4.79 Å². The van der Waals surface area contributed by atoms with Crippen LogP contribution in [-0.4, -0.2) is 27.2 Å². The van der Waals surface area contributed by atoms with Gasteiger partial charge >= 0.3 is 0 Å². The molecule has 0 bridgehead atoms. The molecule has 0 heterocycles. The van der Waals surface area contributed by atoms with Gasteiger partial charge in [0.05, 0.1) is 11.2 Å². The minimum Gasteiger partial charge on any atom is -0.389 e. The van der Waals surface area contributed by atoms with E-state index in [0.717, 1.165) is 32.1 Å². The average Bonchev–Trinajstić information content (AvgIpc) is 2.68. The number of carbonyl (C=O) groups excluding carboxylic acids is 1. The summed E-state index contributed by atoms with van der Waals surface area (Å²) in [7, 11) is 0. The first-order valence-corrected chi connectivity index (χ1v) is 9.33. The summed E-state index contributed by atoms with van der Waals surface area (Å²) in [5, 5.41) is 22.6. The summed E-state index contributed by atoms with van der Waals surface area (Å²) in [5.41, 5.74) is -0.528. The molecule has 0 amide bonds. The summed E-state index contributed by atoms with van der Waals surface area (Å²) < 4.78 is 0. The third-order valence-corrected chi connectivity index (χ3v) is 8.69. The molecule has 0 aromatic rings. The monoisotopic (exact) mass is 318 g/mol. The topological polar surface area (TPSA) is 57.5 Å². The van der Waals surface area contributed by atoms with E-state index in [1.807, 2.05) is 13.0 Å². The highest BCUT2D eigenvalue weighted by Crippen LogP contribution is 2.69. The van der Waals surface area contributed by atoms with Gasteiger partial charge in [-0.15, -0.1) is 0 Å². The molecule has 0 aromatic carbocycles. The third kappa shape index (κ3) is 1.76. The molecule has 3 saturated carbocycles.